The van der Waals surface area contributed by atoms with E-state index in [1.807, 2.05) is 23.9 Å². The van der Waals surface area contributed by atoms with E-state index < -0.39 is 12.0 Å². The third-order valence-corrected chi connectivity index (χ3v) is 3.93. The summed E-state index contributed by atoms with van der Waals surface area (Å²) in [7, 11) is 0. The molecule has 3 nitrogen and oxygen atoms in total. The molecule has 1 aliphatic carbocycles. The minimum Gasteiger partial charge on any atom is -0.480 e. The second kappa shape index (κ2) is 4.89. The van der Waals surface area contributed by atoms with E-state index in [1.54, 1.807) is 12.1 Å². The van der Waals surface area contributed by atoms with Gasteiger partial charge in [0, 0.05) is 10.6 Å². The van der Waals surface area contributed by atoms with Crippen molar-refractivity contribution in [2.45, 2.75) is 23.8 Å². The van der Waals surface area contributed by atoms with E-state index >= 15 is 0 Å². The maximum Gasteiger partial charge on any atom is 0.325 e. The smallest absolute Gasteiger partial charge is 0.325 e. The van der Waals surface area contributed by atoms with E-state index in [2.05, 4.69) is 0 Å². The average molecular weight is 237 g/mol. The third kappa shape index (κ3) is 3.00. The summed E-state index contributed by atoms with van der Waals surface area (Å²) in [5, 5.41) is 8.76. The molecule has 0 bridgehead atoms. The second-order valence-corrected chi connectivity index (χ2v) is 5.23. The minimum atomic E-state index is -0.988. The molecule has 2 rings (SSSR count). The van der Waals surface area contributed by atoms with Gasteiger partial charge in [0.2, 0.25) is 0 Å². The maximum absolute atomic E-state index is 10.7. The molecule has 0 radical (unpaired) electrons. The van der Waals surface area contributed by atoms with Crippen molar-refractivity contribution in [1.29, 1.82) is 0 Å². The molecular weight excluding hydrogens is 222 g/mol. The van der Waals surface area contributed by atoms with Crippen LogP contribution in [0.2, 0.25) is 0 Å². The van der Waals surface area contributed by atoms with Crippen LogP contribution in [0.25, 0.3) is 0 Å². The van der Waals surface area contributed by atoms with E-state index in [0.717, 1.165) is 5.92 Å². The highest BCUT2D eigenvalue weighted by atomic mass is 32.2. The lowest BCUT2D eigenvalue weighted by Crippen LogP contribution is -2.20. The van der Waals surface area contributed by atoms with Gasteiger partial charge in [-0.05, 0) is 36.5 Å². The molecule has 86 valence electrons. The van der Waals surface area contributed by atoms with Crippen LogP contribution in [0.4, 0.5) is 0 Å². The molecular formula is C12H15NO2S. The molecule has 1 aromatic carbocycles. The molecule has 1 fully saturated rings. The molecule has 1 saturated carbocycles. The Hall–Kier alpha value is -1.00. The lowest BCUT2D eigenvalue weighted by Gasteiger charge is -2.07. The van der Waals surface area contributed by atoms with E-state index in [0.29, 0.717) is 5.56 Å². The molecule has 3 N–H and O–H groups in total. The standard InChI is InChI=1S/C12H15NO2S/c13-11(12(14)15)9-3-5-10(6-4-9)16-7-8-1-2-8/h3-6,8,11H,1-2,7,13H2,(H,14,15). The van der Waals surface area contributed by atoms with Gasteiger partial charge < -0.3 is 10.8 Å². The van der Waals surface area contributed by atoms with Crippen molar-refractivity contribution < 1.29 is 9.90 Å². The fraction of sp³-hybridized carbons (Fsp3) is 0.417. The molecule has 0 heterocycles. The number of carboxylic acids is 1. The van der Waals surface area contributed by atoms with Crippen LogP contribution in [-0.2, 0) is 4.79 Å². The molecule has 0 aliphatic heterocycles. The van der Waals surface area contributed by atoms with Crippen LogP contribution in [0.5, 0.6) is 0 Å². The normalized spacial score (nSPS) is 17.1. The molecule has 1 aromatic rings. The number of aliphatic carboxylic acids is 1. The van der Waals surface area contributed by atoms with Gasteiger partial charge in [0.1, 0.15) is 6.04 Å². The van der Waals surface area contributed by atoms with Crippen molar-refractivity contribution in [2.24, 2.45) is 11.7 Å². The first-order valence-corrected chi connectivity index (χ1v) is 6.36. The van der Waals surface area contributed by atoms with Crippen molar-refractivity contribution >= 4 is 17.7 Å². The van der Waals surface area contributed by atoms with Crippen LogP contribution in [0, 0.1) is 5.92 Å². The zero-order valence-electron chi connectivity index (χ0n) is 8.93. The molecule has 0 amide bonds. The summed E-state index contributed by atoms with van der Waals surface area (Å²) >= 11 is 1.83. The highest BCUT2D eigenvalue weighted by Gasteiger charge is 2.21. The minimum absolute atomic E-state index is 0.656. The number of nitrogens with two attached hydrogens (primary N) is 1. The molecule has 0 saturated heterocycles. The zero-order valence-corrected chi connectivity index (χ0v) is 9.74. The summed E-state index contributed by atoms with van der Waals surface area (Å²) in [5.74, 6) is 1.08. The Balaban J connectivity index is 1.94. The Morgan fingerprint density at radius 1 is 1.44 bits per heavy atom. The number of carbonyl (C=O) groups is 1. The average Bonchev–Trinajstić information content (AvgIpc) is 3.10. The quantitative estimate of drug-likeness (QED) is 0.771. The van der Waals surface area contributed by atoms with Crippen LogP contribution in [0.15, 0.2) is 29.2 Å². The summed E-state index contributed by atoms with van der Waals surface area (Å²) in [4.78, 5) is 11.9. The first kappa shape index (κ1) is 11.5. The Kier molecular flexibility index (Phi) is 3.51. The summed E-state index contributed by atoms with van der Waals surface area (Å²) < 4.78 is 0. The Bertz CT molecular complexity index is 373. The molecule has 4 heteroatoms. The van der Waals surface area contributed by atoms with Crippen LogP contribution >= 0.6 is 11.8 Å². The van der Waals surface area contributed by atoms with Crippen LogP contribution in [0.3, 0.4) is 0 Å². The van der Waals surface area contributed by atoms with Gasteiger partial charge in [-0.1, -0.05) is 12.1 Å². The van der Waals surface area contributed by atoms with E-state index in [-0.39, 0.29) is 0 Å². The van der Waals surface area contributed by atoms with Gasteiger partial charge in [0.15, 0.2) is 0 Å². The molecule has 16 heavy (non-hydrogen) atoms. The van der Waals surface area contributed by atoms with Crippen LogP contribution in [0.1, 0.15) is 24.4 Å². The van der Waals surface area contributed by atoms with Gasteiger partial charge in [-0.2, -0.15) is 0 Å². The molecule has 0 spiro atoms. The summed E-state index contributed by atoms with van der Waals surface area (Å²) in [6.07, 6.45) is 2.71. The first-order valence-electron chi connectivity index (χ1n) is 5.38. The molecule has 0 aromatic heterocycles. The number of rotatable bonds is 5. The van der Waals surface area contributed by atoms with E-state index in [4.69, 9.17) is 10.8 Å². The lowest BCUT2D eigenvalue weighted by molar-refractivity contribution is -0.138. The highest BCUT2D eigenvalue weighted by molar-refractivity contribution is 7.99. The fourth-order valence-corrected chi connectivity index (χ4v) is 2.50. The van der Waals surface area contributed by atoms with Gasteiger partial charge in [-0.25, -0.2) is 0 Å². The predicted molar refractivity (Wildman–Crippen MR) is 64.5 cm³/mol. The largest absolute Gasteiger partial charge is 0.480 e. The topological polar surface area (TPSA) is 63.3 Å². The van der Waals surface area contributed by atoms with E-state index in [1.165, 1.54) is 23.5 Å². The van der Waals surface area contributed by atoms with Crippen molar-refractivity contribution in [3.05, 3.63) is 29.8 Å². The van der Waals surface area contributed by atoms with Crippen LogP contribution < -0.4 is 5.73 Å². The molecule has 1 aliphatic rings. The molecule has 1 atom stereocenters. The van der Waals surface area contributed by atoms with Gasteiger partial charge in [-0.3, -0.25) is 4.79 Å². The van der Waals surface area contributed by atoms with Gasteiger partial charge in [0.25, 0.3) is 0 Å². The van der Waals surface area contributed by atoms with Gasteiger partial charge in [-0.15, -0.1) is 11.8 Å². The summed E-state index contributed by atoms with van der Waals surface area (Å²) in [6, 6.07) is 6.58. The lowest BCUT2D eigenvalue weighted by atomic mass is 10.1. The summed E-state index contributed by atoms with van der Waals surface area (Å²) in [5.41, 5.74) is 6.17. The zero-order chi connectivity index (χ0) is 11.5. The van der Waals surface area contributed by atoms with Crippen molar-refractivity contribution in [3.8, 4) is 0 Å². The number of thioether (sulfide) groups is 1. The Morgan fingerprint density at radius 3 is 2.56 bits per heavy atom. The van der Waals surface area contributed by atoms with Gasteiger partial charge >= 0.3 is 5.97 Å². The third-order valence-electron chi connectivity index (χ3n) is 2.69. The van der Waals surface area contributed by atoms with Gasteiger partial charge in [0.05, 0.1) is 0 Å². The second-order valence-electron chi connectivity index (χ2n) is 4.14. The van der Waals surface area contributed by atoms with Crippen LogP contribution in [-0.4, -0.2) is 16.8 Å². The number of carboxylic acid groups (broad SMARTS) is 1. The first-order chi connectivity index (χ1) is 7.66. The Morgan fingerprint density at radius 2 is 2.06 bits per heavy atom. The SMILES string of the molecule is NC(C(=O)O)c1ccc(SCC2CC2)cc1. The number of hydrogen-bond donors (Lipinski definition) is 2. The highest BCUT2D eigenvalue weighted by Crippen LogP contribution is 2.35. The Labute approximate surface area is 99.0 Å². The molecule has 1 unspecified atom stereocenters. The van der Waals surface area contributed by atoms with Crippen molar-refractivity contribution in [1.82, 2.24) is 0 Å². The number of benzene rings is 1. The maximum atomic E-state index is 10.7. The summed E-state index contributed by atoms with van der Waals surface area (Å²) in [6.45, 7) is 0. The van der Waals surface area contributed by atoms with Crippen molar-refractivity contribution in [2.75, 3.05) is 5.75 Å². The monoisotopic (exact) mass is 237 g/mol. The van der Waals surface area contributed by atoms with Crippen molar-refractivity contribution in [3.63, 3.8) is 0 Å². The number of hydrogen-bond acceptors (Lipinski definition) is 3. The fourth-order valence-electron chi connectivity index (χ4n) is 1.41. The van der Waals surface area contributed by atoms with E-state index in [9.17, 15) is 4.79 Å². The predicted octanol–water partition coefficient (Wildman–Crippen LogP) is 2.27.